The van der Waals surface area contributed by atoms with E-state index in [0.29, 0.717) is 0 Å². The van der Waals surface area contributed by atoms with Gasteiger partial charge in [0.2, 0.25) is 10.0 Å². The molecule has 0 saturated heterocycles. The van der Waals surface area contributed by atoms with Crippen LogP contribution >= 0.6 is 0 Å². The Morgan fingerprint density at radius 1 is 0.957 bits per heavy atom. The minimum Gasteiger partial charge on any atom is -0.207 e. The van der Waals surface area contributed by atoms with Crippen LogP contribution in [0.5, 0.6) is 0 Å². The first-order valence-corrected chi connectivity index (χ1v) is 8.96. The summed E-state index contributed by atoms with van der Waals surface area (Å²) >= 11 is 0. The van der Waals surface area contributed by atoms with E-state index < -0.39 is 15.8 Å². The highest BCUT2D eigenvalue weighted by Crippen LogP contribution is 2.24. The Hall–Kier alpha value is -1.72. The first-order valence-electron chi connectivity index (χ1n) is 7.48. The van der Waals surface area contributed by atoms with Crippen molar-refractivity contribution in [3.05, 3.63) is 65.5 Å². The molecule has 0 spiro atoms. The predicted octanol–water partition coefficient (Wildman–Crippen LogP) is 4.16. The van der Waals surface area contributed by atoms with Crippen LogP contribution in [0.15, 0.2) is 53.4 Å². The summed E-state index contributed by atoms with van der Waals surface area (Å²) in [6, 6.07) is 12.3. The molecule has 0 unspecified atom stereocenters. The Kier molecular flexibility index (Phi) is 4.92. The van der Waals surface area contributed by atoms with Crippen LogP contribution < -0.4 is 4.72 Å². The van der Waals surface area contributed by atoms with Crippen LogP contribution in [0.4, 0.5) is 4.39 Å². The van der Waals surface area contributed by atoms with Gasteiger partial charge in [0, 0.05) is 6.04 Å². The lowest BCUT2D eigenvalue weighted by molar-refractivity contribution is 0.565. The fraction of sp³-hybridized carbons (Fsp3) is 0.333. The van der Waals surface area contributed by atoms with Crippen LogP contribution in [0.3, 0.4) is 0 Å². The zero-order valence-corrected chi connectivity index (χ0v) is 14.6. The van der Waals surface area contributed by atoms with Crippen molar-refractivity contribution in [1.82, 2.24) is 4.72 Å². The zero-order valence-electron chi connectivity index (χ0n) is 13.8. The average Bonchev–Trinajstić information content (AvgIpc) is 2.46. The number of halogens is 1. The molecule has 0 aliphatic heterocycles. The topological polar surface area (TPSA) is 46.2 Å². The maximum Gasteiger partial charge on any atom is 0.241 e. The van der Waals surface area contributed by atoms with Gasteiger partial charge in [-0.25, -0.2) is 17.5 Å². The molecule has 0 amide bonds. The van der Waals surface area contributed by atoms with E-state index in [2.05, 4.69) is 25.5 Å². The summed E-state index contributed by atoms with van der Waals surface area (Å²) < 4.78 is 40.2. The molecule has 1 N–H and O–H groups in total. The molecule has 0 aromatic heterocycles. The van der Waals surface area contributed by atoms with Crippen molar-refractivity contribution < 1.29 is 12.8 Å². The molecule has 2 aromatic carbocycles. The number of hydrogen-bond donors (Lipinski definition) is 1. The van der Waals surface area contributed by atoms with Crippen LogP contribution in [-0.4, -0.2) is 8.42 Å². The standard InChI is InChI=1S/C18H22FNO2S/c1-13(14-5-7-15(8-6-14)18(2,3)4)20-23(21,22)17-11-9-16(19)10-12-17/h5-13,20H,1-4H3/t13-/m1/s1. The van der Waals surface area contributed by atoms with Crippen LogP contribution in [0.2, 0.25) is 0 Å². The molecule has 2 aromatic rings. The molecule has 0 aliphatic rings. The highest BCUT2D eigenvalue weighted by molar-refractivity contribution is 7.89. The van der Waals surface area contributed by atoms with Gasteiger partial charge in [-0.2, -0.15) is 0 Å². The second-order valence-electron chi connectivity index (χ2n) is 6.67. The van der Waals surface area contributed by atoms with Gasteiger partial charge < -0.3 is 0 Å². The Bertz CT molecular complexity index is 760. The van der Waals surface area contributed by atoms with E-state index in [1.807, 2.05) is 24.3 Å². The van der Waals surface area contributed by atoms with Crippen molar-refractivity contribution >= 4 is 10.0 Å². The third-order valence-electron chi connectivity index (χ3n) is 3.73. The fourth-order valence-corrected chi connectivity index (χ4v) is 3.49. The van der Waals surface area contributed by atoms with E-state index >= 15 is 0 Å². The number of hydrogen-bond acceptors (Lipinski definition) is 2. The van der Waals surface area contributed by atoms with Crippen LogP contribution in [0, 0.1) is 5.82 Å². The van der Waals surface area contributed by atoms with Gasteiger partial charge in [-0.1, -0.05) is 45.0 Å². The lowest BCUT2D eigenvalue weighted by Gasteiger charge is -2.20. The van der Waals surface area contributed by atoms with Gasteiger partial charge in [0.15, 0.2) is 0 Å². The molecular formula is C18H22FNO2S. The van der Waals surface area contributed by atoms with Crippen molar-refractivity contribution in [3.63, 3.8) is 0 Å². The van der Waals surface area contributed by atoms with Crippen molar-refractivity contribution in [2.45, 2.75) is 44.0 Å². The van der Waals surface area contributed by atoms with Gasteiger partial charge in [0.05, 0.1) is 4.90 Å². The van der Waals surface area contributed by atoms with Gasteiger partial charge in [-0.3, -0.25) is 0 Å². The van der Waals surface area contributed by atoms with Crippen LogP contribution in [0.25, 0.3) is 0 Å². The summed E-state index contributed by atoms with van der Waals surface area (Å²) in [6.45, 7) is 8.17. The number of benzene rings is 2. The molecule has 0 radical (unpaired) electrons. The average molecular weight is 335 g/mol. The zero-order chi connectivity index (χ0) is 17.3. The minimum absolute atomic E-state index is 0.0510. The highest BCUT2D eigenvalue weighted by atomic mass is 32.2. The molecule has 0 saturated carbocycles. The lowest BCUT2D eigenvalue weighted by Crippen LogP contribution is -2.27. The molecular weight excluding hydrogens is 313 g/mol. The second kappa shape index (κ2) is 6.42. The summed E-state index contributed by atoms with van der Waals surface area (Å²) in [6.07, 6.45) is 0. The third kappa shape index (κ3) is 4.39. The number of rotatable bonds is 4. The second-order valence-corrected chi connectivity index (χ2v) is 8.38. The first kappa shape index (κ1) is 17.6. The molecule has 0 aliphatic carbocycles. The summed E-state index contributed by atoms with van der Waals surface area (Å²) in [4.78, 5) is 0.0528. The predicted molar refractivity (Wildman–Crippen MR) is 90.3 cm³/mol. The molecule has 1 atom stereocenters. The number of nitrogens with one attached hydrogen (secondary N) is 1. The van der Waals surface area contributed by atoms with E-state index in [0.717, 1.165) is 17.7 Å². The third-order valence-corrected chi connectivity index (χ3v) is 5.29. The maximum absolute atomic E-state index is 12.9. The van der Waals surface area contributed by atoms with Gasteiger partial charge in [0.25, 0.3) is 0 Å². The molecule has 3 nitrogen and oxygen atoms in total. The van der Waals surface area contributed by atoms with Crippen molar-refractivity contribution in [3.8, 4) is 0 Å². The lowest BCUT2D eigenvalue weighted by atomic mass is 9.86. The van der Waals surface area contributed by atoms with E-state index in [-0.39, 0.29) is 16.4 Å². The van der Waals surface area contributed by atoms with E-state index in [9.17, 15) is 12.8 Å². The van der Waals surface area contributed by atoms with Gasteiger partial charge in [0.1, 0.15) is 5.82 Å². The molecule has 124 valence electrons. The molecule has 5 heteroatoms. The fourth-order valence-electron chi connectivity index (χ4n) is 2.25. The summed E-state index contributed by atoms with van der Waals surface area (Å²) in [5.74, 6) is -0.463. The van der Waals surface area contributed by atoms with E-state index in [4.69, 9.17) is 0 Å². The Morgan fingerprint density at radius 3 is 1.96 bits per heavy atom. The van der Waals surface area contributed by atoms with Crippen LogP contribution in [-0.2, 0) is 15.4 Å². The smallest absolute Gasteiger partial charge is 0.207 e. The Labute approximate surface area is 137 Å². The van der Waals surface area contributed by atoms with Crippen molar-refractivity contribution in [2.75, 3.05) is 0 Å². The largest absolute Gasteiger partial charge is 0.241 e. The molecule has 0 fully saturated rings. The van der Waals surface area contributed by atoms with Crippen molar-refractivity contribution in [2.24, 2.45) is 0 Å². The first-order chi connectivity index (χ1) is 10.6. The molecule has 23 heavy (non-hydrogen) atoms. The highest BCUT2D eigenvalue weighted by Gasteiger charge is 2.19. The number of sulfonamides is 1. The SMILES string of the molecule is C[C@@H](NS(=O)(=O)c1ccc(F)cc1)c1ccc(C(C)(C)C)cc1. The molecule has 0 bridgehead atoms. The van der Waals surface area contributed by atoms with Gasteiger partial charge in [-0.15, -0.1) is 0 Å². The van der Waals surface area contributed by atoms with Gasteiger partial charge >= 0.3 is 0 Å². The van der Waals surface area contributed by atoms with Crippen LogP contribution in [0.1, 0.15) is 44.9 Å². The Morgan fingerprint density at radius 2 is 1.48 bits per heavy atom. The van der Waals surface area contributed by atoms with E-state index in [1.54, 1.807) is 6.92 Å². The normalized spacial score (nSPS) is 13.8. The van der Waals surface area contributed by atoms with Gasteiger partial charge in [-0.05, 0) is 47.7 Å². The summed E-state index contributed by atoms with van der Waals surface area (Å²) in [7, 11) is -3.68. The van der Waals surface area contributed by atoms with Crippen molar-refractivity contribution in [1.29, 1.82) is 0 Å². The summed E-state index contributed by atoms with van der Waals surface area (Å²) in [5.41, 5.74) is 2.12. The minimum atomic E-state index is -3.68. The summed E-state index contributed by atoms with van der Waals surface area (Å²) in [5, 5.41) is 0. The van der Waals surface area contributed by atoms with E-state index in [1.165, 1.54) is 17.7 Å². The Balaban J connectivity index is 2.18. The molecule has 2 rings (SSSR count). The monoisotopic (exact) mass is 335 g/mol. The molecule has 0 heterocycles. The maximum atomic E-state index is 12.9. The quantitative estimate of drug-likeness (QED) is 0.912.